The third-order valence-corrected chi connectivity index (χ3v) is 15.3. The van der Waals surface area contributed by atoms with Gasteiger partial charge in [-0.1, -0.05) is 60.1 Å². The van der Waals surface area contributed by atoms with E-state index in [0.717, 1.165) is 51.4 Å². The molecule has 1 heterocycles. The molecule has 6 N–H and O–H groups in total. The van der Waals surface area contributed by atoms with E-state index in [1.54, 1.807) is 5.57 Å². The number of hydrogen-bond acceptors (Lipinski definition) is 8. The number of carboxylic acids is 1. The number of carbonyl (C=O) groups is 1. The van der Waals surface area contributed by atoms with Crippen LogP contribution in [0.1, 0.15) is 106 Å². The standard InChI is InChI=1S/C36H58O9/c1-31(2)16-20-19-8-9-22-33(4)12-11-24(44-30-27(41)25(39)26(40)28(45-30)29(42)43)34(5,18-37)21(33)10-13-36(22,7)35(19,6)15-14-32(20,3)23(38)17-31/h8,20-28,30,37-41H,9-18H2,1-7H3,(H,42,43)/t20?,21?,22?,23-,24+,25+,26+,27-,28+,30-,32-,33+,34-,35-,36-/m1/s1. The third-order valence-electron chi connectivity index (χ3n) is 15.3. The predicted octanol–water partition coefficient (Wildman–Crippen LogP) is 4.03. The van der Waals surface area contributed by atoms with Crippen LogP contribution in [-0.4, -0.2) is 86.1 Å². The summed E-state index contributed by atoms with van der Waals surface area (Å²) >= 11 is 0. The maximum Gasteiger partial charge on any atom is 0.335 e. The SMILES string of the molecule is CC1(C)CC2C3=CCC4[C@@]5(C)CC[C@H](O[C@@H]6O[C@H](C(=O)O)[C@@H](O)[C@H](O)[C@H]6O)[C@](C)(CO)C5CC[C@@]4(C)[C@]3(C)CC[C@@]2(C)[C@H](O)C1. The number of hydrogen-bond donors (Lipinski definition) is 6. The highest BCUT2D eigenvalue weighted by molar-refractivity contribution is 5.73. The minimum atomic E-state index is -1.78. The van der Waals surface area contributed by atoms with Crippen molar-refractivity contribution < 1.29 is 44.9 Å². The van der Waals surface area contributed by atoms with Gasteiger partial charge in [-0.25, -0.2) is 4.79 Å². The second-order valence-electron chi connectivity index (χ2n) is 18.0. The van der Waals surface area contributed by atoms with Gasteiger partial charge in [-0.2, -0.15) is 0 Å². The Morgan fingerprint density at radius 1 is 0.867 bits per heavy atom. The molecule has 3 unspecified atom stereocenters. The summed E-state index contributed by atoms with van der Waals surface area (Å²) in [4.78, 5) is 11.7. The molecule has 0 aromatic heterocycles. The van der Waals surface area contributed by atoms with Gasteiger partial charge in [0.15, 0.2) is 12.4 Å². The predicted molar refractivity (Wildman–Crippen MR) is 167 cm³/mol. The largest absolute Gasteiger partial charge is 0.479 e. The first kappa shape index (κ1) is 33.8. The summed E-state index contributed by atoms with van der Waals surface area (Å²) in [6, 6.07) is 0. The molecule has 6 aliphatic rings. The average Bonchev–Trinajstić information content (AvgIpc) is 2.96. The lowest BCUT2D eigenvalue weighted by Crippen LogP contribution is -2.67. The van der Waals surface area contributed by atoms with Crippen molar-refractivity contribution in [2.45, 2.75) is 149 Å². The number of fused-ring (bicyclic) bond motifs is 7. The fourth-order valence-electron chi connectivity index (χ4n) is 12.2. The minimum absolute atomic E-state index is 0.0209. The van der Waals surface area contributed by atoms with E-state index in [-0.39, 0.29) is 45.7 Å². The smallest absolute Gasteiger partial charge is 0.335 e. The zero-order valence-electron chi connectivity index (χ0n) is 28.3. The summed E-state index contributed by atoms with van der Waals surface area (Å²) in [5.41, 5.74) is 0.871. The van der Waals surface area contributed by atoms with E-state index in [1.165, 1.54) is 0 Å². The van der Waals surface area contributed by atoms with Gasteiger partial charge in [0.2, 0.25) is 0 Å². The summed E-state index contributed by atoms with van der Waals surface area (Å²) < 4.78 is 11.8. The van der Waals surface area contributed by atoms with Crippen LogP contribution in [0.2, 0.25) is 0 Å². The first-order valence-electron chi connectivity index (χ1n) is 17.4. The van der Waals surface area contributed by atoms with Crippen LogP contribution in [-0.2, 0) is 14.3 Å². The fourth-order valence-corrected chi connectivity index (χ4v) is 12.2. The molecule has 0 radical (unpaired) electrons. The number of carboxylic acid groups (broad SMARTS) is 1. The van der Waals surface area contributed by atoms with E-state index in [1.807, 2.05) is 6.92 Å². The van der Waals surface area contributed by atoms with Crippen LogP contribution >= 0.6 is 0 Å². The molecule has 5 fully saturated rings. The van der Waals surface area contributed by atoms with Gasteiger partial charge in [-0.05, 0) is 97.2 Å². The lowest BCUT2D eigenvalue weighted by Gasteiger charge is -2.72. The van der Waals surface area contributed by atoms with Crippen LogP contribution in [0.15, 0.2) is 11.6 Å². The molecule has 4 saturated carbocycles. The van der Waals surface area contributed by atoms with E-state index in [4.69, 9.17) is 9.47 Å². The van der Waals surface area contributed by atoms with Crippen LogP contribution in [0, 0.1) is 50.2 Å². The molecule has 0 spiro atoms. The molecule has 6 rings (SSSR count). The van der Waals surface area contributed by atoms with Crippen molar-refractivity contribution in [2.75, 3.05) is 6.61 Å². The number of aliphatic carboxylic acids is 1. The van der Waals surface area contributed by atoms with Gasteiger partial charge < -0.3 is 40.1 Å². The molecule has 15 atom stereocenters. The maximum atomic E-state index is 11.7. The molecule has 9 heteroatoms. The molecule has 0 aromatic carbocycles. The molecule has 45 heavy (non-hydrogen) atoms. The number of rotatable bonds is 4. The van der Waals surface area contributed by atoms with E-state index in [2.05, 4.69) is 47.6 Å². The molecule has 0 aromatic rings. The Kier molecular flexibility index (Phi) is 8.05. The number of allylic oxidation sites excluding steroid dienone is 2. The molecule has 256 valence electrons. The van der Waals surface area contributed by atoms with Crippen LogP contribution in [0.4, 0.5) is 0 Å². The summed E-state index contributed by atoms with van der Waals surface area (Å²) in [5, 5.41) is 63.3. The number of aliphatic hydroxyl groups is 5. The maximum absolute atomic E-state index is 11.7. The average molecular weight is 635 g/mol. The quantitative estimate of drug-likeness (QED) is 0.199. The van der Waals surface area contributed by atoms with Crippen molar-refractivity contribution in [3.63, 3.8) is 0 Å². The molecule has 5 aliphatic carbocycles. The zero-order valence-corrected chi connectivity index (χ0v) is 28.3. The van der Waals surface area contributed by atoms with Crippen LogP contribution in [0.3, 0.4) is 0 Å². The highest BCUT2D eigenvalue weighted by Crippen LogP contribution is 2.75. The molecule has 1 saturated heterocycles. The van der Waals surface area contributed by atoms with E-state index in [0.29, 0.717) is 18.3 Å². The summed E-state index contributed by atoms with van der Waals surface area (Å²) in [6.45, 7) is 16.3. The number of aliphatic hydroxyl groups excluding tert-OH is 5. The van der Waals surface area contributed by atoms with Crippen molar-refractivity contribution in [3.05, 3.63) is 11.6 Å². The normalized spacial score (nSPS) is 55.8. The van der Waals surface area contributed by atoms with Gasteiger partial charge in [-0.15, -0.1) is 0 Å². The van der Waals surface area contributed by atoms with Gasteiger partial charge in [0, 0.05) is 10.8 Å². The van der Waals surface area contributed by atoms with Crippen molar-refractivity contribution >= 4 is 5.97 Å². The van der Waals surface area contributed by atoms with E-state index >= 15 is 0 Å². The zero-order chi connectivity index (χ0) is 33.1. The molecule has 0 amide bonds. The lowest BCUT2D eigenvalue weighted by molar-refractivity contribution is -0.327. The summed E-state index contributed by atoms with van der Waals surface area (Å²) in [7, 11) is 0. The van der Waals surface area contributed by atoms with Gasteiger partial charge in [-0.3, -0.25) is 0 Å². The first-order chi connectivity index (χ1) is 20.8. The van der Waals surface area contributed by atoms with Gasteiger partial charge >= 0.3 is 5.97 Å². The molecule has 9 nitrogen and oxygen atoms in total. The van der Waals surface area contributed by atoms with Crippen LogP contribution < -0.4 is 0 Å². The molecular formula is C36H58O9. The highest BCUT2D eigenvalue weighted by atomic mass is 16.7. The van der Waals surface area contributed by atoms with Gasteiger partial charge in [0.25, 0.3) is 0 Å². The van der Waals surface area contributed by atoms with Crippen molar-refractivity contribution in [3.8, 4) is 0 Å². The fraction of sp³-hybridized carbons (Fsp3) is 0.917. The van der Waals surface area contributed by atoms with Gasteiger partial charge in [0.05, 0.1) is 18.8 Å². The van der Waals surface area contributed by atoms with Crippen molar-refractivity contribution in [2.24, 2.45) is 50.2 Å². The third kappa shape index (κ3) is 4.61. The molecule has 1 aliphatic heterocycles. The minimum Gasteiger partial charge on any atom is -0.479 e. The number of ether oxygens (including phenoxy) is 2. The van der Waals surface area contributed by atoms with Crippen LogP contribution in [0.5, 0.6) is 0 Å². The summed E-state index contributed by atoms with van der Waals surface area (Å²) in [5.74, 6) is -0.570. The second-order valence-corrected chi connectivity index (χ2v) is 18.0. The monoisotopic (exact) mass is 634 g/mol. The van der Waals surface area contributed by atoms with Gasteiger partial charge in [0.1, 0.15) is 18.3 Å². The Balaban J connectivity index is 1.30. The Labute approximate surface area is 268 Å². The first-order valence-corrected chi connectivity index (χ1v) is 17.4. The van der Waals surface area contributed by atoms with E-state index < -0.39 is 48.2 Å². The molecule has 0 bridgehead atoms. The summed E-state index contributed by atoms with van der Waals surface area (Å²) in [6.07, 6.45) is 1.81. The van der Waals surface area contributed by atoms with E-state index in [9.17, 15) is 35.4 Å². The molecular weight excluding hydrogens is 576 g/mol. The topological polar surface area (TPSA) is 157 Å². The Morgan fingerprint density at radius 3 is 2.20 bits per heavy atom. The van der Waals surface area contributed by atoms with Crippen molar-refractivity contribution in [1.29, 1.82) is 0 Å². The van der Waals surface area contributed by atoms with Crippen molar-refractivity contribution in [1.82, 2.24) is 0 Å². The second kappa shape index (κ2) is 10.7. The Morgan fingerprint density at radius 2 is 1.56 bits per heavy atom. The Hall–Kier alpha value is -1.07. The Bertz CT molecular complexity index is 1220. The lowest BCUT2D eigenvalue weighted by atomic mass is 9.33. The highest BCUT2D eigenvalue weighted by Gasteiger charge is 2.69. The van der Waals surface area contributed by atoms with Crippen LogP contribution in [0.25, 0.3) is 0 Å².